The van der Waals surface area contributed by atoms with Crippen LogP contribution in [0.25, 0.3) is 0 Å². The van der Waals surface area contributed by atoms with Gasteiger partial charge in [-0.3, -0.25) is 0 Å². The molecule has 2 saturated carbocycles. The third-order valence-electron chi connectivity index (χ3n) is 6.32. The SMILES string of the molecule is CCCN(C(=S)SSC(C)SC(C)SSC(=S)N(CCC)C1CCCCC1)C1CCCCC1. The molecule has 2 nitrogen and oxygen atoms in total. The third kappa shape index (κ3) is 11.6. The summed E-state index contributed by atoms with van der Waals surface area (Å²) in [6.45, 7) is 11.4. The maximum atomic E-state index is 5.88. The first-order valence-electron chi connectivity index (χ1n) is 12.9. The van der Waals surface area contributed by atoms with Gasteiger partial charge in [-0.15, -0.1) is 11.8 Å². The Morgan fingerprint density at radius 1 is 0.697 bits per heavy atom. The predicted molar refractivity (Wildman–Crippen MR) is 170 cm³/mol. The minimum Gasteiger partial charge on any atom is -0.354 e. The Morgan fingerprint density at radius 2 is 1.06 bits per heavy atom. The molecule has 0 aromatic carbocycles. The fourth-order valence-electron chi connectivity index (χ4n) is 4.74. The molecule has 2 aliphatic carbocycles. The quantitative estimate of drug-likeness (QED) is 0.124. The van der Waals surface area contributed by atoms with E-state index in [4.69, 9.17) is 24.4 Å². The van der Waals surface area contributed by atoms with Gasteiger partial charge in [0.05, 0.1) is 9.16 Å². The highest BCUT2D eigenvalue weighted by atomic mass is 33.1. The number of hydrogen-bond donors (Lipinski definition) is 0. The molecule has 0 spiro atoms. The van der Waals surface area contributed by atoms with Gasteiger partial charge in [0, 0.05) is 25.2 Å². The minimum atomic E-state index is 0.504. The van der Waals surface area contributed by atoms with Crippen LogP contribution in [0.1, 0.15) is 105 Å². The molecule has 0 bridgehead atoms. The van der Waals surface area contributed by atoms with Crippen LogP contribution >= 0.6 is 79.4 Å². The maximum Gasteiger partial charge on any atom is 0.147 e. The fourth-order valence-corrected chi connectivity index (χ4v) is 12.6. The van der Waals surface area contributed by atoms with E-state index in [9.17, 15) is 0 Å². The Hall–Kier alpha value is 1.53. The van der Waals surface area contributed by atoms with E-state index in [1.54, 1.807) is 0 Å². The van der Waals surface area contributed by atoms with E-state index < -0.39 is 0 Å². The summed E-state index contributed by atoms with van der Waals surface area (Å²) in [4.78, 5) is 5.06. The van der Waals surface area contributed by atoms with Gasteiger partial charge < -0.3 is 9.80 Å². The van der Waals surface area contributed by atoms with Crippen LogP contribution < -0.4 is 0 Å². The zero-order valence-corrected chi connectivity index (χ0v) is 26.7. The second kappa shape index (κ2) is 17.9. The molecule has 2 fully saturated rings. The zero-order chi connectivity index (χ0) is 24.1. The van der Waals surface area contributed by atoms with Crippen molar-refractivity contribution >= 4 is 88.0 Å². The van der Waals surface area contributed by atoms with Gasteiger partial charge in [0.1, 0.15) is 8.64 Å². The molecule has 2 rings (SSSR count). The summed E-state index contributed by atoms with van der Waals surface area (Å²) >= 11 is 13.8. The number of rotatable bonds is 12. The van der Waals surface area contributed by atoms with Crippen LogP contribution in [0, 0.1) is 0 Å². The van der Waals surface area contributed by atoms with E-state index >= 15 is 0 Å². The van der Waals surface area contributed by atoms with E-state index in [0.29, 0.717) is 21.2 Å². The monoisotopic (exact) mass is 584 g/mol. The predicted octanol–water partition coefficient (Wildman–Crippen LogP) is 9.83. The van der Waals surface area contributed by atoms with Gasteiger partial charge in [-0.25, -0.2) is 0 Å². The van der Waals surface area contributed by atoms with Crippen molar-refractivity contribution in [2.24, 2.45) is 0 Å². The highest BCUT2D eigenvalue weighted by molar-refractivity contribution is 8.86. The summed E-state index contributed by atoms with van der Waals surface area (Å²) in [6, 6.07) is 1.34. The highest BCUT2D eigenvalue weighted by Crippen LogP contribution is 2.44. The molecule has 0 amide bonds. The lowest BCUT2D eigenvalue weighted by atomic mass is 9.94. The lowest BCUT2D eigenvalue weighted by molar-refractivity contribution is 0.251. The average molecular weight is 585 g/mol. The van der Waals surface area contributed by atoms with Crippen LogP contribution in [0.2, 0.25) is 0 Å². The Morgan fingerprint density at radius 3 is 1.39 bits per heavy atom. The van der Waals surface area contributed by atoms with Crippen molar-refractivity contribution in [3.63, 3.8) is 0 Å². The normalized spacial score (nSPS) is 19.8. The number of thiocarbonyl (C=S) groups is 2. The summed E-state index contributed by atoms with van der Waals surface area (Å²) in [5, 5.41) is 0. The summed E-state index contributed by atoms with van der Waals surface area (Å²) in [6.07, 6.45) is 15.9. The molecule has 0 aliphatic heterocycles. The van der Waals surface area contributed by atoms with Gasteiger partial charge >= 0.3 is 0 Å². The topological polar surface area (TPSA) is 6.48 Å². The van der Waals surface area contributed by atoms with Crippen LogP contribution in [0.3, 0.4) is 0 Å². The summed E-state index contributed by atoms with van der Waals surface area (Å²) in [7, 11) is 7.52. The molecule has 0 heterocycles. The molecule has 2 unspecified atom stereocenters. The highest BCUT2D eigenvalue weighted by Gasteiger charge is 2.25. The number of nitrogens with zero attached hydrogens (tertiary/aromatic N) is 2. The van der Waals surface area contributed by atoms with E-state index in [0.717, 1.165) is 21.7 Å². The fraction of sp³-hybridized carbons (Fsp3) is 0.917. The molecular weight excluding hydrogens is 541 g/mol. The summed E-state index contributed by atoms with van der Waals surface area (Å²) < 4.78 is 3.20. The van der Waals surface area contributed by atoms with E-state index in [-0.39, 0.29) is 0 Å². The Labute approximate surface area is 235 Å². The molecule has 33 heavy (non-hydrogen) atoms. The molecule has 2 atom stereocenters. The van der Waals surface area contributed by atoms with E-state index in [1.807, 2.05) is 54.9 Å². The molecule has 0 aromatic heterocycles. The van der Waals surface area contributed by atoms with Gasteiger partial charge in [0.15, 0.2) is 0 Å². The van der Waals surface area contributed by atoms with Crippen molar-refractivity contribution in [3.8, 4) is 0 Å². The van der Waals surface area contributed by atoms with Crippen LogP contribution in [-0.2, 0) is 0 Å². The van der Waals surface area contributed by atoms with Crippen molar-refractivity contribution in [2.75, 3.05) is 13.1 Å². The van der Waals surface area contributed by atoms with Crippen molar-refractivity contribution in [1.82, 2.24) is 9.80 Å². The lowest BCUT2D eigenvalue weighted by Crippen LogP contribution is -2.39. The largest absolute Gasteiger partial charge is 0.354 e. The molecule has 2 aliphatic rings. The lowest BCUT2D eigenvalue weighted by Gasteiger charge is -2.36. The first-order valence-corrected chi connectivity index (χ1v) is 19.1. The number of hydrogen-bond acceptors (Lipinski definition) is 7. The minimum absolute atomic E-state index is 0.504. The molecule has 9 heteroatoms. The smallest absolute Gasteiger partial charge is 0.147 e. The first kappa shape index (κ1) is 30.8. The Balaban J connectivity index is 1.72. The van der Waals surface area contributed by atoms with Crippen molar-refractivity contribution < 1.29 is 0 Å². The van der Waals surface area contributed by atoms with Crippen LogP contribution in [0.15, 0.2) is 0 Å². The van der Waals surface area contributed by atoms with E-state index in [1.165, 1.54) is 77.0 Å². The Bertz CT molecular complexity index is 517. The van der Waals surface area contributed by atoms with Crippen molar-refractivity contribution in [1.29, 1.82) is 0 Å². The van der Waals surface area contributed by atoms with Gasteiger partial charge in [-0.1, -0.05) is 98.4 Å². The Kier molecular flexibility index (Phi) is 16.7. The standard InChI is InChI=1S/C24H44N2S7/c1-5-17-25(21-13-9-7-10-14-21)23(27)32-30-19(3)29-20(4)31-33-24(28)26(18-6-2)22-15-11-8-12-16-22/h19-22H,5-18H2,1-4H3. The third-order valence-corrected chi connectivity index (χ3v) is 15.4. The zero-order valence-electron chi connectivity index (χ0n) is 21.0. The summed E-state index contributed by atoms with van der Waals surface area (Å²) in [5.41, 5.74) is 0. The van der Waals surface area contributed by atoms with Crippen LogP contribution in [0.5, 0.6) is 0 Å². The summed E-state index contributed by atoms with van der Waals surface area (Å²) in [5.74, 6) is 0. The molecule has 0 saturated heterocycles. The van der Waals surface area contributed by atoms with Gasteiger partial charge in [-0.2, -0.15) is 0 Å². The van der Waals surface area contributed by atoms with Crippen LogP contribution in [-0.4, -0.2) is 52.8 Å². The van der Waals surface area contributed by atoms with Gasteiger partial charge in [0.2, 0.25) is 0 Å². The van der Waals surface area contributed by atoms with Crippen molar-refractivity contribution in [3.05, 3.63) is 0 Å². The molecule has 0 radical (unpaired) electrons. The van der Waals surface area contributed by atoms with E-state index in [2.05, 4.69) is 37.5 Å². The first-order chi connectivity index (χ1) is 16.0. The number of thioether (sulfide) groups is 1. The second-order valence-electron chi connectivity index (χ2n) is 9.13. The molecule has 0 N–H and O–H groups in total. The van der Waals surface area contributed by atoms with Gasteiger partial charge in [-0.05, 0) is 74.0 Å². The molecular formula is C24H44N2S7. The second-order valence-corrected chi connectivity index (χ2v) is 17.8. The maximum absolute atomic E-state index is 5.88. The molecule has 192 valence electrons. The van der Waals surface area contributed by atoms with Gasteiger partial charge in [0.25, 0.3) is 0 Å². The van der Waals surface area contributed by atoms with Crippen molar-refractivity contribution in [2.45, 2.75) is 126 Å². The average Bonchev–Trinajstić information content (AvgIpc) is 2.84. The van der Waals surface area contributed by atoms with Crippen LogP contribution in [0.4, 0.5) is 0 Å². The molecule has 0 aromatic rings.